The van der Waals surface area contributed by atoms with Gasteiger partial charge in [0.15, 0.2) is 10.8 Å². The summed E-state index contributed by atoms with van der Waals surface area (Å²) < 4.78 is 0. The molecule has 2 amide bonds. The molecule has 148 valence electrons. The molecule has 4 aromatic rings. The van der Waals surface area contributed by atoms with Gasteiger partial charge in [-0.25, -0.2) is 15.0 Å². The van der Waals surface area contributed by atoms with E-state index in [1.54, 1.807) is 72.4 Å². The molecule has 0 aliphatic heterocycles. The lowest BCUT2D eigenvalue weighted by Crippen LogP contribution is -2.18. The SMILES string of the molecule is O=C(Nc1ccccc1C(=O)Nc1ccc(Cl)cc1)c1csc(-c2ncccn2)n1. The highest BCUT2D eigenvalue weighted by Gasteiger charge is 2.17. The predicted molar refractivity (Wildman–Crippen MR) is 117 cm³/mol. The van der Waals surface area contributed by atoms with Crippen LogP contribution in [0, 0.1) is 0 Å². The van der Waals surface area contributed by atoms with Gasteiger partial charge in [0.1, 0.15) is 5.69 Å². The molecule has 0 aliphatic carbocycles. The largest absolute Gasteiger partial charge is 0.322 e. The van der Waals surface area contributed by atoms with Crippen LogP contribution >= 0.6 is 22.9 Å². The van der Waals surface area contributed by atoms with Crippen molar-refractivity contribution >= 4 is 46.1 Å². The summed E-state index contributed by atoms with van der Waals surface area (Å²) in [5.41, 5.74) is 1.51. The summed E-state index contributed by atoms with van der Waals surface area (Å²) in [5, 5.41) is 8.27. The Morgan fingerprint density at radius 3 is 2.37 bits per heavy atom. The fourth-order valence-electron chi connectivity index (χ4n) is 2.60. The molecule has 9 heteroatoms. The van der Waals surface area contributed by atoms with Crippen molar-refractivity contribution in [3.63, 3.8) is 0 Å². The molecule has 4 rings (SSSR count). The van der Waals surface area contributed by atoms with Crippen molar-refractivity contribution in [1.82, 2.24) is 15.0 Å². The van der Waals surface area contributed by atoms with Gasteiger partial charge >= 0.3 is 0 Å². The number of halogens is 1. The summed E-state index contributed by atoms with van der Waals surface area (Å²) in [6.07, 6.45) is 3.22. The van der Waals surface area contributed by atoms with Gasteiger partial charge in [0, 0.05) is 28.5 Å². The van der Waals surface area contributed by atoms with Gasteiger partial charge in [0.2, 0.25) is 0 Å². The molecule has 2 heterocycles. The van der Waals surface area contributed by atoms with Crippen LogP contribution in [0.1, 0.15) is 20.8 Å². The Bertz CT molecular complexity index is 1200. The molecule has 0 aliphatic rings. The molecule has 0 radical (unpaired) electrons. The minimum absolute atomic E-state index is 0.218. The van der Waals surface area contributed by atoms with E-state index in [1.807, 2.05) is 0 Å². The topological polar surface area (TPSA) is 96.9 Å². The van der Waals surface area contributed by atoms with Gasteiger partial charge in [-0.05, 0) is 42.5 Å². The minimum atomic E-state index is -0.430. The predicted octanol–water partition coefficient (Wildman–Crippen LogP) is 4.76. The molecule has 0 bridgehead atoms. The number of anilines is 2. The number of thiazole rings is 1. The second-order valence-electron chi connectivity index (χ2n) is 6.07. The zero-order valence-electron chi connectivity index (χ0n) is 15.4. The third-order valence-electron chi connectivity index (χ3n) is 4.02. The van der Waals surface area contributed by atoms with Gasteiger partial charge in [-0.15, -0.1) is 11.3 Å². The molecule has 2 aromatic heterocycles. The average Bonchev–Trinajstić information content (AvgIpc) is 3.27. The van der Waals surface area contributed by atoms with Crippen molar-refractivity contribution in [3.05, 3.63) is 88.7 Å². The third-order valence-corrected chi connectivity index (χ3v) is 5.11. The van der Waals surface area contributed by atoms with Crippen molar-refractivity contribution in [2.75, 3.05) is 10.6 Å². The zero-order valence-corrected chi connectivity index (χ0v) is 16.9. The van der Waals surface area contributed by atoms with Crippen LogP contribution in [0.3, 0.4) is 0 Å². The zero-order chi connectivity index (χ0) is 20.9. The second-order valence-corrected chi connectivity index (χ2v) is 7.37. The lowest BCUT2D eigenvalue weighted by molar-refractivity contribution is 0.102. The van der Waals surface area contributed by atoms with E-state index < -0.39 is 5.91 Å². The Labute approximate surface area is 180 Å². The van der Waals surface area contributed by atoms with E-state index in [0.29, 0.717) is 32.8 Å². The summed E-state index contributed by atoms with van der Waals surface area (Å²) in [5.74, 6) is -0.339. The number of rotatable bonds is 5. The van der Waals surface area contributed by atoms with Crippen LogP contribution in [0.4, 0.5) is 11.4 Å². The van der Waals surface area contributed by atoms with Gasteiger partial charge in [0.05, 0.1) is 11.3 Å². The van der Waals surface area contributed by atoms with Gasteiger partial charge in [-0.2, -0.15) is 0 Å². The molecule has 30 heavy (non-hydrogen) atoms. The molecule has 7 nitrogen and oxygen atoms in total. The van der Waals surface area contributed by atoms with Crippen LogP contribution in [0.2, 0.25) is 5.02 Å². The number of hydrogen-bond donors (Lipinski definition) is 2. The standard InChI is InChI=1S/C21H14ClN5O2S/c22-13-6-8-14(9-7-13)25-19(28)15-4-1-2-5-16(15)26-20(29)17-12-30-21(27-17)18-23-10-3-11-24-18/h1-12H,(H,25,28)(H,26,29). The Hall–Kier alpha value is -3.62. The smallest absolute Gasteiger partial charge is 0.275 e. The highest BCUT2D eigenvalue weighted by molar-refractivity contribution is 7.13. The van der Waals surface area contributed by atoms with E-state index in [2.05, 4.69) is 25.6 Å². The lowest BCUT2D eigenvalue weighted by atomic mass is 10.1. The Morgan fingerprint density at radius 2 is 1.60 bits per heavy atom. The number of carbonyl (C=O) groups is 2. The summed E-state index contributed by atoms with van der Waals surface area (Å²) >= 11 is 7.14. The van der Waals surface area contributed by atoms with Crippen molar-refractivity contribution < 1.29 is 9.59 Å². The summed E-state index contributed by atoms with van der Waals surface area (Å²) in [4.78, 5) is 37.9. The molecule has 0 unspecified atom stereocenters. The monoisotopic (exact) mass is 435 g/mol. The number of nitrogens with one attached hydrogen (secondary N) is 2. The van der Waals surface area contributed by atoms with Crippen LogP contribution < -0.4 is 10.6 Å². The molecular formula is C21H14ClN5O2S. The van der Waals surface area contributed by atoms with Gasteiger partial charge in [-0.3, -0.25) is 9.59 Å². The van der Waals surface area contributed by atoms with Crippen molar-refractivity contribution in [2.45, 2.75) is 0 Å². The summed E-state index contributed by atoms with van der Waals surface area (Å²) in [7, 11) is 0. The maximum absolute atomic E-state index is 12.7. The first kappa shape index (κ1) is 19.7. The van der Waals surface area contributed by atoms with E-state index >= 15 is 0 Å². The van der Waals surface area contributed by atoms with Gasteiger partial charge < -0.3 is 10.6 Å². The number of amides is 2. The summed E-state index contributed by atoms with van der Waals surface area (Å²) in [6.45, 7) is 0. The number of hydrogen-bond acceptors (Lipinski definition) is 6. The maximum Gasteiger partial charge on any atom is 0.275 e. The van der Waals surface area contributed by atoms with Crippen molar-refractivity contribution in [3.8, 4) is 10.8 Å². The van der Waals surface area contributed by atoms with E-state index in [0.717, 1.165) is 0 Å². The van der Waals surface area contributed by atoms with Crippen molar-refractivity contribution in [1.29, 1.82) is 0 Å². The molecule has 2 N–H and O–H groups in total. The summed E-state index contributed by atoms with van der Waals surface area (Å²) in [6, 6.07) is 15.2. The van der Waals surface area contributed by atoms with Crippen LogP contribution in [0.25, 0.3) is 10.8 Å². The van der Waals surface area contributed by atoms with E-state index in [-0.39, 0.29) is 11.6 Å². The Morgan fingerprint density at radius 1 is 0.867 bits per heavy atom. The molecule has 0 atom stereocenters. The lowest BCUT2D eigenvalue weighted by Gasteiger charge is -2.11. The third kappa shape index (κ3) is 4.51. The van der Waals surface area contributed by atoms with Crippen LogP contribution in [0.5, 0.6) is 0 Å². The number of para-hydroxylation sites is 1. The first-order valence-corrected chi connectivity index (χ1v) is 10.1. The van der Waals surface area contributed by atoms with E-state index in [1.165, 1.54) is 11.3 Å². The average molecular weight is 436 g/mol. The number of carbonyl (C=O) groups excluding carboxylic acids is 2. The van der Waals surface area contributed by atoms with Crippen LogP contribution in [-0.2, 0) is 0 Å². The maximum atomic E-state index is 12.7. The molecule has 0 spiro atoms. The Balaban J connectivity index is 1.51. The van der Waals surface area contributed by atoms with Crippen LogP contribution in [0.15, 0.2) is 72.4 Å². The van der Waals surface area contributed by atoms with Gasteiger partial charge in [0.25, 0.3) is 11.8 Å². The fourth-order valence-corrected chi connectivity index (χ4v) is 3.47. The molecule has 0 saturated heterocycles. The van der Waals surface area contributed by atoms with Gasteiger partial charge in [-0.1, -0.05) is 23.7 Å². The van der Waals surface area contributed by atoms with Crippen LogP contribution in [-0.4, -0.2) is 26.8 Å². The normalized spacial score (nSPS) is 10.4. The molecular weight excluding hydrogens is 422 g/mol. The van der Waals surface area contributed by atoms with Crippen molar-refractivity contribution in [2.24, 2.45) is 0 Å². The molecule has 0 saturated carbocycles. The highest BCUT2D eigenvalue weighted by atomic mass is 35.5. The van der Waals surface area contributed by atoms with E-state index in [9.17, 15) is 9.59 Å². The number of benzene rings is 2. The fraction of sp³-hybridized carbons (Fsp3) is 0. The Kier molecular flexibility index (Phi) is 5.78. The van der Waals surface area contributed by atoms with E-state index in [4.69, 9.17) is 11.6 Å². The quantitative estimate of drug-likeness (QED) is 0.471. The molecule has 2 aromatic carbocycles. The first-order chi connectivity index (χ1) is 14.6. The molecule has 0 fully saturated rings. The number of aromatic nitrogens is 3. The number of nitrogens with zero attached hydrogens (tertiary/aromatic N) is 3. The minimum Gasteiger partial charge on any atom is -0.322 e. The second kappa shape index (κ2) is 8.81. The first-order valence-electron chi connectivity index (χ1n) is 8.80. The highest BCUT2D eigenvalue weighted by Crippen LogP contribution is 2.22.